The van der Waals surface area contributed by atoms with Gasteiger partial charge in [0, 0.05) is 24.4 Å². The van der Waals surface area contributed by atoms with Gasteiger partial charge in [-0.3, -0.25) is 0 Å². The van der Waals surface area contributed by atoms with Crippen LogP contribution in [0.5, 0.6) is 5.75 Å². The highest BCUT2D eigenvalue weighted by Crippen LogP contribution is 2.32. The first kappa shape index (κ1) is 14.4. The fourth-order valence-electron chi connectivity index (χ4n) is 2.74. The van der Waals surface area contributed by atoms with Crippen molar-refractivity contribution in [3.05, 3.63) is 41.8 Å². The van der Waals surface area contributed by atoms with Gasteiger partial charge in [0.25, 0.3) is 0 Å². The van der Waals surface area contributed by atoms with Gasteiger partial charge in [-0.1, -0.05) is 11.2 Å². The lowest BCUT2D eigenvalue weighted by molar-refractivity contribution is 0.195. The normalized spacial score (nSPS) is 17.5. The van der Waals surface area contributed by atoms with Crippen LogP contribution in [0.15, 0.2) is 34.9 Å². The molecule has 2 amide bonds. The number of carbonyl (C=O) groups excluding carboxylic acids is 1. The van der Waals surface area contributed by atoms with Crippen molar-refractivity contribution in [2.45, 2.75) is 25.8 Å². The molecule has 1 N–H and O–H groups in total. The van der Waals surface area contributed by atoms with E-state index in [0.29, 0.717) is 18.0 Å². The summed E-state index contributed by atoms with van der Waals surface area (Å²) in [6.07, 6.45) is 1.84. The van der Waals surface area contributed by atoms with Gasteiger partial charge < -0.3 is 19.5 Å². The Kier molecular flexibility index (Phi) is 4.00. The minimum Gasteiger partial charge on any atom is -0.497 e. The zero-order valence-electron chi connectivity index (χ0n) is 12.7. The number of methoxy groups -OCH3 is 1. The Morgan fingerprint density at radius 1 is 1.45 bits per heavy atom. The standard InChI is InChI=1S/C16H19N3O3/c1-11-9-15(22-18-11)14-7-4-8-19(14)16(20)17-12-5-3-6-13(10-12)21-2/h3,5-6,9-10,14H,4,7-8H2,1-2H3,(H,17,20). The minimum absolute atomic E-state index is 0.0493. The number of anilines is 1. The Bertz CT molecular complexity index is 668. The summed E-state index contributed by atoms with van der Waals surface area (Å²) in [5.74, 6) is 1.46. The predicted octanol–water partition coefficient (Wildman–Crippen LogP) is 3.36. The molecule has 0 saturated carbocycles. The number of nitrogens with zero attached hydrogens (tertiary/aromatic N) is 2. The van der Waals surface area contributed by atoms with Gasteiger partial charge in [0.15, 0.2) is 5.76 Å². The van der Waals surface area contributed by atoms with Crippen molar-refractivity contribution in [3.8, 4) is 5.75 Å². The average molecular weight is 301 g/mol. The van der Waals surface area contributed by atoms with Crippen molar-refractivity contribution in [2.24, 2.45) is 0 Å². The first-order valence-corrected chi connectivity index (χ1v) is 7.32. The molecule has 0 bridgehead atoms. The molecule has 1 atom stereocenters. The molecule has 1 aliphatic heterocycles. The Morgan fingerprint density at radius 2 is 2.32 bits per heavy atom. The van der Waals surface area contributed by atoms with Crippen LogP contribution in [0, 0.1) is 6.92 Å². The zero-order valence-corrected chi connectivity index (χ0v) is 12.7. The molecule has 3 rings (SSSR count). The van der Waals surface area contributed by atoms with Crippen LogP contribution in [0.25, 0.3) is 0 Å². The Labute approximate surface area is 129 Å². The smallest absolute Gasteiger partial charge is 0.322 e. The number of aromatic nitrogens is 1. The highest BCUT2D eigenvalue weighted by Gasteiger charge is 2.32. The molecule has 1 aromatic heterocycles. The van der Waals surface area contributed by atoms with Gasteiger partial charge in [0.1, 0.15) is 5.75 Å². The van der Waals surface area contributed by atoms with Crippen LogP contribution in [-0.4, -0.2) is 29.7 Å². The molecule has 1 aromatic carbocycles. The number of rotatable bonds is 3. The van der Waals surface area contributed by atoms with E-state index in [1.165, 1.54) is 0 Å². The summed E-state index contributed by atoms with van der Waals surface area (Å²) >= 11 is 0. The Hall–Kier alpha value is -2.50. The number of aryl methyl sites for hydroxylation is 1. The first-order valence-electron chi connectivity index (χ1n) is 7.32. The summed E-state index contributed by atoms with van der Waals surface area (Å²) in [4.78, 5) is 14.3. The molecule has 1 unspecified atom stereocenters. The summed E-state index contributed by atoms with van der Waals surface area (Å²) in [7, 11) is 1.60. The molecule has 22 heavy (non-hydrogen) atoms. The number of likely N-dealkylation sites (tertiary alicyclic amines) is 1. The second-order valence-electron chi connectivity index (χ2n) is 5.38. The van der Waals surface area contributed by atoms with E-state index in [9.17, 15) is 4.79 Å². The van der Waals surface area contributed by atoms with Crippen LogP contribution in [0.1, 0.15) is 30.3 Å². The molecular weight excluding hydrogens is 282 g/mol. The maximum absolute atomic E-state index is 12.5. The molecule has 1 fully saturated rings. The van der Waals surface area contributed by atoms with E-state index in [4.69, 9.17) is 9.26 Å². The number of urea groups is 1. The topological polar surface area (TPSA) is 67.6 Å². The van der Waals surface area contributed by atoms with Crippen LogP contribution in [0.4, 0.5) is 10.5 Å². The number of carbonyl (C=O) groups is 1. The summed E-state index contributed by atoms with van der Waals surface area (Å²) in [6.45, 7) is 2.59. The molecule has 0 spiro atoms. The molecular formula is C16H19N3O3. The van der Waals surface area contributed by atoms with Gasteiger partial charge >= 0.3 is 6.03 Å². The van der Waals surface area contributed by atoms with E-state index in [1.54, 1.807) is 18.1 Å². The third-order valence-electron chi connectivity index (χ3n) is 3.81. The van der Waals surface area contributed by atoms with Gasteiger partial charge in [0.2, 0.25) is 0 Å². The van der Waals surface area contributed by atoms with E-state index in [2.05, 4.69) is 10.5 Å². The first-order chi connectivity index (χ1) is 10.7. The second kappa shape index (κ2) is 6.09. The maximum atomic E-state index is 12.5. The predicted molar refractivity (Wildman–Crippen MR) is 81.9 cm³/mol. The molecule has 0 radical (unpaired) electrons. The SMILES string of the molecule is COc1cccc(NC(=O)N2CCCC2c2cc(C)no2)c1. The molecule has 6 nitrogen and oxygen atoms in total. The maximum Gasteiger partial charge on any atom is 0.322 e. The minimum atomic E-state index is -0.134. The van der Waals surface area contributed by atoms with Gasteiger partial charge in [0.05, 0.1) is 18.8 Å². The van der Waals surface area contributed by atoms with E-state index in [-0.39, 0.29) is 12.1 Å². The molecule has 2 heterocycles. The molecule has 1 saturated heterocycles. The Balaban J connectivity index is 1.73. The molecule has 0 aliphatic carbocycles. The van der Waals surface area contributed by atoms with Crippen molar-refractivity contribution in [3.63, 3.8) is 0 Å². The van der Waals surface area contributed by atoms with E-state index >= 15 is 0 Å². The summed E-state index contributed by atoms with van der Waals surface area (Å²) in [6, 6.07) is 9.02. The third-order valence-corrected chi connectivity index (χ3v) is 3.81. The lowest BCUT2D eigenvalue weighted by Gasteiger charge is -2.23. The lowest BCUT2D eigenvalue weighted by atomic mass is 10.1. The van der Waals surface area contributed by atoms with Gasteiger partial charge in [-0.2, -0.15) is 0 Å². The summed E-state index contributed by atoms with van der Waals surface area (Å²) in [5.41, 5.74) is 1.54. The van der Waals surface area contributed by atoms with Crippen LogP contribution in [-0.2, 0) is 0 Å². The number of hydrogen-bond acceptors (Lipinski definition) is 4. The quantitative estimate of drug-likeness (QED) is 0.944. The fraction of sp³-hybridized carbons (Fsp3) is 0.375. The van der Waals surface area contributed by atoms with Crippen molar-refractivity contribution in [1.29, 1.82) is 0 Å². The van der Waals surface area contributed by atoms with Crippen molar-refractivity contribution in [1.82, 2.24) is 10.1 Å². The van der Waals surface area contributed by atoms with Crippen molar-refractivity contribution >= 4 is 11.7 Å². The van der Waals surface area contributed by atoms with Crippen LogP contribution in [0.3, 0.4) is 0 Å². The highest BCUT2D eigenvalue weighted by atomic mass is 16.5. The number of ether oxygens (including phenoxy) is 1. The number of benzene rings is 1. The van der Waals surface area contributed by atoms with E-state index in [1.807, 2.05) is 31.2 Å². The zero-order chi connectivity index (χ0) is 15.5. The van der Waals surface area contributed by atoms with E-state index in [0.717, 1.165) is 24.3 Å². The molecule has 116 valence electrons. The molecule has 2 aromatic rings. The number of amides is 2. The Morgan fingerprint density at radius 3 is 3.05 bits per heavy atom. The van der Waals surface area contributed by atoms with Crippen molar-refractivity contribution < 1.29 is 14.1 Å². The van der Waals surface area contributed by atoms with Crippen LogP contribution in [0.2, 0.25) is 0 Å². The molecule has 1 aliphatic rings. The largest absolute Gasteiger partial charge is 0.497 e. The van der Waals surface area contributed by atoms with E-state index < -0.39 is 0 Å². The summed E-state index contributed by atoms with van der Waals surface area (Å²) in [5, 5.41) is 6.82. The van der Waals surface area contributed by atoms with Crippen LogP contribution < -0.4 is 10.1 Å². The van der Waals surface area contributed by atoms with Gasteiger partial charge in [-0.15, -0.1) is 0 Å². The van der Waals surface area contributed by atoms with Crippen molar-refractivity contribution in [2.75, 3.05) is 19.0 Å². The lowest BCUT2D eigenvalue weighted by Crippen LogP contribution is -2.34. The third kappa shape index (κ3) is 2.90. The average Bonchev–Trinajstić information content (AvgIpc) is 3.15. The number of nitrogens with one attached hydrogen (secondary N) is 1. The highest BCUT2D eigenvalue weighted by molar-refractivity contribution is 5.90. The monoisotopic (exact) mass is 301 g/mol. The second-order valence-corrected chi connectivity index (χ2v) is 5.38. The van der Waals surface area contributed by atoms with Crippen LogP contribution >= 0.6 is 0 Å². The summed E-state index contributed by atoms with van der Waals surface area (Å²) < 4.78 is 10.5. The van der Waals surface area contributed by atoms with Gasteiger partial charge in [-0.25, -0.2) is 4.79 Å². The molecule has 6 heteroatoms. The number of hydrogen-bond donors (Lipinski definition) is 1. The fourth-order valence-corrected chi connectivity index (χ4v) is 2.74. The van der Waals surface area contributed by atoms with Gasteiger partial charge in [-0.05, 0) is 31.9 Å².